The van der Waals surface area contributed by atoms with Crippen molar-refractivity contribution < 1.29 is 22.7 Å². The van der Waals surface area contributed by atoms with Crippen molar-refractivity contribution in [1.29, 1.82) is 0 Å². The van der Waals surface area contributed by atoms with Crippen molar-refractivity contribution >= 4 is 15.7 Å². The summed E-state index contributed by atoms with van der Waals surface area (Å²) >= 11 is 0. The van der Waals surface area contributed by atoms with Gasteiger partial charge in [-0.15, -0.1) is 0 Å². The van der Waals surface area contributed by atoms with E-state index in [1.807, 2.05) is 49.4 Å². The number of aryl methyl sites for hydroxylation is 1. The van der Waals surface area contributed by atoms with Crippen LogP contribution < -0.4 is 0 Å². The second kappa shape index (κ2) is 13.1. The number of imidazole rings is 1. The number of ether oxygens (including phenoxy) is 2. The molecule has 0 spiro atoms. The van der Waals surface area contributed by atoms with Gasteiger partial charge in [0.25, 0.3) is 5.91 Å². The molecule has 0 saturated carbocycles. The van der Waals surface area contributed by atoms with E-state index in [0.29, 0.717) is 56.3 Å². The first-order chi connectivity index (χ1) is 19.4. The van der Waals surface area contributed by atoms with Crippen LogP contribution in [-0.2, 0) is 38.2 Å². The van der Waals surface area contributed by atoms with Crippen molar-refractivity contribution in [2.75, 3.05) is 46.0 Å². The van der Waals surface area contributed by atoms with Gasteiger partial charge in [-0.1, -0.05) is 48.0 Å². The van der Waals surface area contributed by atoms with Crippen molar-refractivity contribution in [3.63, 3.8) is 0 Å². The standard InChI is InChI=1S/C30H38N4O5S/c1-24-9-11-26(12-10-24)29(35)33(14-13-32-15-18-38-19-16-32)21-27-20-31-30(34(27)22-28-8-5-17-39-28)40(36,37)23-25-6-3-2-4-7-25/h2-4,6-7,9-12,20,28H,5,8,13-19,21-23H2,1H3. The lowest BCUT2D eigenvalue weighted by Gasteiger charge is -2.30. The van der Waals surface area contributed by atoms with E-state index >= 15 is 0 Å². The van der Waals surface area contributed by atoms with Gasteiger partial charge in [-0.3, -0.25) is 9.69 Å². The molecule has 2 saturated heterocycles. The lowest BCUT2D eigenvalue weighted by molar-refractivity contribution is 0.0318. The maximum Gasteiger partial charge on any atom is 0.254 e. The van der Waals surface area contributed by atoms with Gasteiger partial charge in [0, 0.05) is 38.3 Å². The molecule has 9 nitrogen and oxygen atoms in total. The Labute approximate surface area is 236 Å². The number of amides is 1. The molecule has 0 radical (unpaired) electrons. The van der Waals surface area contributed by atoms with Crippen molar-refractivity contribution in [3.05, 3.63) is 83.2 Å². The molecular weight excluding hydrogens is 528 g/mol. The molecule has 0 bridgehead atoms. The van der Waals surface area contributed by atoms with E-state index in [2.05, 4.69) is 9.88 Å². The van der Waals surface area contributed by atoms with Crippen molar-refractivity contribution in [3.8, 4) is 0 Å². The maximum atomic E-state index is 13.7. The summed E-state index contributed by atoms with van der Waals surface area (Å²) in [6.07, 6.45) is 3.32. The first-order valence-corrected chi connectivity index (χ1v) is 15.6. The quantitative estimate of drug-likeness (QED) is 0.352. The fraction of sp³-hybridized carbons (Fsp3) is 0.467. The Morgan fingerprint density at radius 2 is 1.80 bits per heavy atom. The van der Waals surface area contributed by atoms with E-state index in [-0.39, 0.29) is 29.5 Å². The third kappa shape index (κ3) is 7.17. The van der Waals surface area contributed by atoms with Gasteiger partial charge in [0.1, 0.15) is 0 Å². The van der Waals surface area contributed by atoms with E-state index in [4.69, 9.17) is 9.47 Å². The molecule has 2 aromatic carbocycles. The number of aromatic nitrogens is 2. The third-order valence-corrected chi connectivity index (χ3v) is 9.11. The van der Waals surface area contributed by atoms with Crippen molar-refractivity contribution in [1.82, 2.24) is 19.4 Å². The molecule has 214 valence electrons. The van der Waals surface area contributed by atoms with Crippen LogP contribution in [0.4, 0.5) is 0 Å². The zero-order valence-electron chi connectivity index (χ0n) is 23.1. The largest absolute Gasteiger partial charge is 0.379 e. The Balaban J connectivity index is 1.44. The van der Waals surface area contributed by atoms with Crippen molar-refractivity contribution in [2.45, 2.75) is 49.9 Å². The summed E-state index contributed by atoms with van der Waals surface area (Å²) in [5.41, 5.74) is 3.08. The number of hydrogen-bond acceptors (Lipinski definition) is 7. The minimum Gasteiger partial charge on any atom is -0.379 e. The molecular formula is C30H38N4O5S. The van der Waals surface area contributed by atoms with E-state index < -0.39 is 9.84 Å². The lowest BCUT2D eigenvalue weighted by atomic mass is 10.1. The fourth-order valence-corrected chi connectivity index (χ4v) is 6.73. The van der Waals surface area contributed by atoms with Crippen LogP contribution in [0.15, 0.2) is 66.0 Å². The molecule has 2 aliphatic rings. The highest BCUT2D eigenvalue weighted by molar-refractivity contribution is 7.90. The summed E-state index contributed by atoms with van der Waals surface area (Å²) in [5, 5.41) is 0.0257. The van der Waals surface area contributed by atoms with E-state index in [9.17, 15) is 13.2 Å². The first kappa shape index (κ1) is 28.5. The molecule has 40 heavy (non-hydrogen) atoms. The van der Waals surface area contributed by atoms with E-state index in [1.54, 1.807) is 27.8 Å². The minimum atomic E-state index is -3.74. The van der Waals surface area contributed by atoms with Gasteiger partial charge >= 0.3 is 0 Å². The maximum absolute atomic E-state index is 13.7. The zero-order valence-corrected chi connectivity index (χ0v) is 23.9. The number of morpholine rings is 1. The second-order valence-electron chi connectivity index (χ2n) is 10.6. The first-order valence-electron chi connectivity index (χ1n) is 14.0. The van der Waals surface area contributed by atoms with E-state index in [0.717, 1.165) is 31.5 Å². The minimum absolute atomic E-state index is 0.0257. The lowest BCUT2D eigenvalue weighted by Crippen LogP contribution is -2.43. The summed E-state index contributed by atoms with van der Waals surface area (Å²) in [6, 6.07) is 16.7. The Kier molecular flexibility index (Phi) is 9.31. The Hall–Kier alpha value is -3.05. The number of benzene rings is 2. The highest BCUT2D eigenvalue weighted by Crippen LogP contribution is 2.23. The van der Waals surface area contributed by atoms with Gasteiger partial charge in [-0.2, -0.15) is 0 Å². The van der Waals surface area contributed by atoms with Crippen LogP contribution >= 0.6 is 0 Å². The summed E-state index contributed by atoms with van der Waals surface area (Å²) in [5.74, 6) is -0.231. The molecule has 5 rings (SSSR count). The molecule has 3 heterocycles. The molecule has 0 N–H and O–H groups in total. The predicted molar refractivity (Wildman–Crippen MR) is 152 cm³/mol. The normalized spacial score (nSPS) is 18.2. The molecule has 10 heteroatoms. The van der Waals surface area contributed by atoms with Crippen LogP contribution in [0.2, 0.25) is 0 Å². The molecule has 1 unspecified atom stereocenters. The Morgan fingerprint density at radius 1 is 1.05 bits per heavy atom. The smallest absolute Gasteiger partial charge is 0.254 e. The number of nitrogens with zero attached hydrogens (tertiary/aromatic N) is 4. The highest BCUT2D eigenvalue weighted by atomic mass is 32.2. The molecule has 3 aromatic rings. The molecule has 1 aromatic heterocycles. The summed E-state index contributed by atoms with van der Waals surface area (Å²) < 4.78 is 40.3. The summed E-state index contributed by atoms with van der Waals surface area (Å²) in [4.78, 5) is 22.3. The predicted octanol–water partition coefficient (Wildman–Crippen LogP) is 3.32. The van der Waals surface area contributed by atoms with Crippen LogP contribution in [0.3, 0.4) is 0 Å². The number of carbonyl (C=O) groups is 1. The van der Waals surface area contributed by atoms with Gasteiger partial charge in [-0.05, 0) is 37.5 Å². The number of hydrogen-bond donors (Lipinski definition) is 0. The molecule has 1 amide bonds. The highest BCUT2D eigenvalue weighted by Gasteiger charge is 2.29. The number of carbonyl (C=O) groups excluding carboxylic acids is 1. The number of rotatable bonds is 11. The van der Waals surface area contributed by atoms with Gasteiger partial charge in [0.2, 0.25) is 15.0 Å². The molecule has 1 atom stereocenters. The van der Waals surface area contributed by atoms with Gasteiger partial charge in [-0.25, -0.2) is 13.4 Å². The SMILES string of the molecule is Cc1ccc(C(=O)N(CCN2CCOCC2)Cc2cnc(S(=O)(=O)Cc3ccccc3)n2CC2CCCO2)cc1. The van der Waals surface area contributed by atoms with Gasteiger partial charge in [0.05, 0.1) is 50.1 Å². The van der Waals surface area contributed by atoms with Crippen LogP contribution in [-0.4, -0.2) is 85.8 Å². The van der Waals surface area contributed by atoms with E-state index in [1.165, 1.54) is 0 Å². The van der Waals surface area contributed by atoms with Crippen LogP contribution in [0.1, 0.15) is 40.0 Å². The molecule has 2 fully saturated rings. The monoisotopic (exact) mass is 566 g/mol. The van der Waals surface area contributed by atoms with Gasteiger partial charge in [0.15, 0.2) is 0 Å². The topological polar surface area (TPSA) is 94.0 Å². The zero-order chi connectivity index (χ0) is 28.0. The van der Waals surface area contributed by atoms with Gasteiger partial charge < -0.3 is 18.9 Å². The average molecular weight is 567 g/mol. The molecule has 0 aliphatic carbocycles. The van der Waals surface area contributed by atoms with Crippen LogP contribution in [0.25, 0.3) is 0 Å². The Morgan fingerprint density at radius 3 is 2.50 bits per heavy atom. The fourth-order valence-electron chi connectivity index (χ4n) is 5.23. The summed E-state index contributed by atoms with van der Waals surface area (Å²) in [6.45, 7) is 7.52. The third-order valence-electron chi connectivity index (χ3n) is 7.52. The second-order valence-corrected chi connectivity index (χ2v) is 12.5. The average Bonchev–Trinajstić information content (AvgIpc) is 3.63. The summed E-state index contributed by atoms with van der Waals surface area (Å²) in [7, 11) is -3.74. The van der Waals surface area contributed by atoms with Crippen LogP contribution in [0, 0.1) is 6.92 Å². The van der Waals surface area contributed by atoms with Crippen molar-refractivity contribution in [2.24, 2.45) is 0 Å². The molecule has 2 aliphatic heterocycles. The Bertz CT molecular complexity index is 1360. The van der Waals surface area contributed by atoms with Crippen LogP contribution in [0.5, 0.6) is 0 Å². The number of sulfone groups is 1.